The van der Waals surface area contributed by atoms with Gasteiger partial charge in [-0.15, -0.1) is 0 Å². The van der Waals surface area contributed by atoms with Crippen LogP contribution < -0.4 is 5.32 Å². The van der Waals surface area contributed by atoms with Crippen molar-refractivity contribution in [3.05, 3.63) is 23.9 Å². The maximum Gasteiger partial charge on any atom is 0.130 e. The summed E-state index contributed by atoms with van der Waals surface area (Å²) in [6.07, 6.45) is 6.92. The van der Waals surface area contributed by atoms with Gasteiger partial charge in [0.2, 0.25) is 0 Å². The monoisotopic (exact) mass is 291 g/mol. The fourth-order valence-electron chi connectivity index (χ4n) is 2.79. The number of rotatable bonds is 8. The van der Waals surface area contributed by atoms with E-state index in [0.717, 1.165) is 51.4 Å². The van der Waals surface area contributed by atoms with Gasteiger partial charge in [-0.05, 0) is 38.3 Å². The first-order valence-electron chi connectivity index (χ1n) is 8.35. The average Bonchev–Trinajstić information content (AvgIpc) is 2.52. The van der Waals surface area contributed by atoms with Crippen LogP contribution in [0.25, 0.3) is 0 Å². The van der Waals surface area contributed by atoms with Crippen LogP contribution in [0.1, 0.15) is 45.1 Å². The second kappa shape index (κ2) is 9.00. The predicted octanol–water partition coefficient (Wildman–Crippen LogP) is 3.29. The lowest BCUT2D eigenvalue weighted by Gasteiger charge is -2.33. The number of nitrogens with one attached hydrogen (secondary N) is 1. The Labute approximate surface area is 128 Å². The van der Waals surface area contributed by atoms with E-state index in [-0.39, 0.29) is 0 Å². The molecule has 1 N–H and O–H groups in total. The largest absolute Gasteiger partial charge is 0.377 e. The van der Waals surface area contributed by atoms with Crippen LogP contribution in [0.15, 0.2) is 18.3 Å². The third kappa shape index (κ3) is 5.29. The molecular formula is C17H29N3O. The zero-order chi connectivity index (χ0) is 14.9. The van der Waals surface area contributed by atoms with Gasteiger partial charge in [0, 0.05) is 38.0 Å². The molecule has 1 saturated heterocycles. The van der Waals surface area contributed by atoms with Gasteiger partial charge in [-0.3, -0.25) is 4.90 Å². The van der Waals surface area contributed by atoms with Gasteiger partial charge in [0.05, 0.1) is 6.10 Å². The first-order valence-corrected chi connectivity index (χ1v) is 8.35. The van der Waals surface area contributed by atoms with E-state index in [2.05, 4.69) is 35.1 Å². The van der Waals surface area contributed by atoms with E-state index >= 15 is 0 Å². The molecule has 1 fully saturated rings. The van der Waals surface area contributed by atoms with Crippen LogP contribution in [0.3, 0.4) is 0 Å². The van der Waals surface area contributed by atoms with Gasteiger partial charge in [-0.1, -0.05) is 19.9 Å². The molecule has 21 heavy (non-hydrogen) atoms. The minimum absolute atomic E-state index is 0.405. The van der Waals surface area contributed by atoms with E-state index < -0.39 is 0 Å². The fourth-order valence-corrected chi connectivity index (χ4v) is 2.79. The molecule has 1 atom stereocenters. The Morgan fingerprint density at radius 1 is 1.38 bits per heavy atom. The van der Waals surface area contributed by atoms with Crippen LogP contribution in [-0.2, 0) is 11.3 Å². The summed E-state index contributed by atoms with van der Waals surface area (Å²) in [5.74, 6) is 1.04. The lowest BCUT2D eigenvalue weighted by molar-refractivity contribution is -0.00220. The second-order valence-electron chi connectivity index (χ2n) is 5.81. The number of hydrogen-bond donors (Lipinski definition) is 1. The van der Waals surface area contributed by atoms with Gasteiger partial charge >= 0.3 is 0 Å². The number of anilines is 1. The maximum absolute atomic E-state index is 5.92. The lowest BCUT2D eigenvalue weighted by Crippen LogP contribution is -2.39. The topological polar surface area (TPSA) is 37.4 Å². The van der Waals surface area contributed by atoms with Crippen molar-refractivity contribution in [3.63, 3.8) is 0 Å². The van der Waals surface area contributed by atoms with Gasteiger partial charge in [-0.25, -0.2) is 4.98 Å². The van der Waals surface area contributed by atoms with Crippen LogP contribution in [-0.4, -0.2) is 42.2 Å². The Hall–Kier alpha value is -1.13. The van der Waals surface area contributed by atoms with Crippen molar-refractivity contribution in [1.29, 1.82) is 0 Å². The molecule has 0 saturated carbocycles. The van der Waals surface area contributed by atoms with Gasteiger partial charge in [-0.2, -0.15) is 0 Å². The van der Waals surface area contributed by atoms with Gasteiger partial charge < -0.3 is 10.1 Å². The maximum atomic E-state index is 5.92. The SMILES string of the molecule is CCCNc1ncccc1CN1CCCC(OCCC)C1. The Morgan fingerprint density at radius 3 is 3.10 bits per heavy atom. The number of likely N-dealkylation sites (tertiary alicyclic amines) is 1. The molecule has 2 heterocycles. The standard InChI is InChI=1S/C17H29N3O/c1-3-9-18-17-15(7-5-10-19-17)13-20-11-6-8-16(14-20)21-12-4-2/h5,7,10,16H,3-4,6,8-9,11-14H2,1-2H3,(H,18,19). The van der Waals surface area contributed by atoms with E-state index in [4.69, 9.17) is 4.74 Å². The summed E-state index contributed by atoms with van der Waals surface area (Å²) in [5.41, 5.74) is 1.29. The van der Waals surface area contributed by atoms with Crippen LogP contribution in [0, 0.1) is 0 Å². The number of ether oxygens (including phenoxy) is 1. The molecule has 0 aliphatic carbocycles. The zero-order valence-electron chi connectivity index (χ0n) is 13.5. The average molecular weight is 291 g/mol. The molecule has 4 nitrogen and oxygen atoms in total. The molecule has 0 aromatic carbocycles. The molecule has 0 amide bonds. The molecule has 1 aromatic heterocycles. The summed E-state index contributed by atoms with van der Waals surface area (Å²) in [5, 5.41) is 3.43. The van der Waals surface area contributed by atoms with Crippen molar-refractivity contribution in [1.82, 2.24) is 9.88 Å². The van der Waals surface area contributed by atoms with Gasteiger partial charge in [0.25, 0.3) is 0 Å². The van der Waals surface area contributed by atoms with E-state index in [1.165, 1.54) is 18.4 Å². The molecule has 118 valence electrons. The van der Waals surface area contributed by atoms with E-state index in [1.807, 2.05) is 12.3 Å². The van der Waals surface area contributed by atoms with Crippen molar-refractivity contribution in [2.75, 3.05) is 31.6 Å². The van der Waals surface area contributed by atoms with Crippen molar-refractivity contribution in [3.8, 4) is 0 Å². The predicted molar refractivity (Wildman–Crippen MR) is 87.6 cm³/mol. The summed E-state index contributed by atoms with van der Waals surface area (Å²) >= 11 is 0. The summed E-state index contributed by atoms with van der Waals surface area (Å²) in [6, 6.07) is 4.21. The van der Waals surface area contributed by atoms with Crippen molar-refractivity contribution in [2.45, 2.75) is 52.2 Å². The smallest absolute Gasteiger partial charge is 0.130 e. The zero-order valence-corrected chi connectivity index (χ0v) is 13.5. The van der Waals surface area contributed by atoms with Crippen LogP contribution in [0.5, 0.6) is 0 Å². The minimum Gasteiger partial charge on any atom is -0.377 e. The third-order valence-corrected chi connectivity index (χ3v) is 3.85. The quantitative estimate of drug-likeness (QED) is 0.797. The summed E-state index contributed by atoms with van der Waals surface area (Å²) in [7, 11) is 0. The molecular weight excluding hydrogens is 262 g/mol. The normalized spacial score (nSPS) is 19.6. The Bertz CT molecular complexity index is 411. The number of hydrogen-bond acceptors (Lipinski definition) is 4. The lowest BCUT2D eigenvalue weighted by atomic mass is 10.1. The summed E-state index contributed by atoms with van der Waals surface area (Å²) in [6.45, 7) is 9.38. The first kappa shape index (κ1) is 16.2. The first-order chi connectivity index (χ1) is 10.3. The van der Waals surface area contributed by atoms with Crippen LogP contribution >= 0.6 is 0 Å². The number of pyridine rings is 1. The van der Waals surface area contributed by atoms with E-state index in [9.17, 15) is 0 Å². The summed E-state index contributed by atoms with van der Waals surface area (Å²) in [4.78, 5) is 6.98. The van der Waals surface area contributed by atoms with Crippen molar-refractivity contribution in [2.24, 2.45) is 0 Å². The molecule has 1 aliphatic heterocycles. The Kier molecular flexibility index (Phi) is 6.96. The highest BCUT2D eigenvalue weighted by Crippen LogP contribution is 2.19. The molecule has 0 radical (unpaired) electrons. The molecule has 1 aromatic rings. The highest BCUT2D eigenvalue weighted by molar-refractivity contribution is 5.43. The van der Waals surface area contributed by atoms with Crippen LogP contribution in [0.2, 0.25) is 0 Å². The highest BCUT2D eigenvalue weighted by Gasteiger charge is 2.21. The van der Waals surface area contributed by atoms with Crippen molar-refractivity contribution < 1.29 is 4.74 Å². The molecule has 1 unspecified atom stereocenters. The molecule has 2 rings (SSSR count). The van der Waals surface area contributed by atoms with Gasteiger partial charge in [0.15, 0.2) is 0 Å². The summed E-state index contributed by atoms with van der Waals surface area (Å²) < 4.78 is 5.92. The van der Waals surface area contributed by atoms with E-state index in [1.54, 1.807) is 0 Å². The highest BCUT2D eigenvalue weighted by atomic mass is 16.5. The fraction of sp³-hybridized carbons (Fsp3) is 0.706. The van der Waals surface area contributed by atoms with E-state index in [0.29, 0.717) is 6.10 Å². The molecule has 4 heteroatoms. The number of nitrogens with zero attached hydrogens (tertiary/aromatic N) is 2. The van der Waals surface area contributed by atoms with Crippen molar-refractivity contribution >= 4 is 5.82 Å². The minimum atomic E-state index is 0.405. The van der Waals surface area contributed by atoms with Crippen LogP contribution in [0.4, 0.5) is 5.82 Å². The molecule has 0 spiro atoms. The number of piperidine rings is 1. The Balaban J connectivity index is 1.91. The van der Waals surface area contributed by atoms with Gasteiger partial charge in [0.1, 0.15) is 5.82 Å². The third-order valence-electron chi connectivity index (χ3n) is 3.85. The second-order valence-corrected chi connectivity index (χ2v) is 5.81. The Morgan fingerprint density at radius 2 is 2.29 bits per heavy atom. The molecule has 1 aliphatic rings. The molecule has 0 bridgehead atoms. The number of aromatic nitrogens is 1.